The fourth-order valence-corrected chi connectivity index (χ4v) is 4.68. The maximum atomic E-state index is 13.0. The molecule has 160 valence electrons. The summed E-state index contributed by atoms with van der Waals surface area (Å²) in [5, 5.41) is 7.66. The number of piperidine rings is 1. The van der Waals surface area contributed by atoms with Crippen molar-refractivity contribution in [3.63, 3.8) is 0 Å². The monoisotopic (exact) mass is 408 g/mol. The highest BCUT2D eigenvalue weighted by molar-refractivity contribution is 5.94. The number of aromatic nitrogens is 2. The summed E-state index contributed by atoms with van der Waals surface area (Å²) in [5.41, 5.74) is 3.74. The lowest BCUT2D eigenvalue weighted by atomic mass is 10.00. The van der Waals surface area contributed by atoms with Crippen molar-refractivity contribution in [1.29, 1.82) is 0 Å². The Kier molecular flexibility index (Phi) is 6.50. The number of hydrogen-bond acceptors (Lipinski definition) is 3. The molecule has 0 radical (unpaired) electrons. The first kappa shape index (κ1) is 20.6. The van der Waals surface area contributed by atoms with Crippen LogP contribution in [0.1, 0.15) is 67.2 Å². The van der Waals surface area contributed by atoms with Gasteiger partial charge in [0.25, 0.3) is 5.91 Å². The van der Waals surface area contributed by atoms with E-state index in [2.05, 4.69) is 12.2 Å². The van der Waals surface area contributed by atoms with Gasteiger partial charge in [0.15, 0.2) is 5.69 Å². The van der Waals surface area contributed by atoms with E-state index in [0.29, 0.717) is 24.6 Å². The summed E-state index contributed by atoms with van der Waals surface area (Å²) in [6.45, 7) is 4.22. The van der Waals surface area contributed by atoms with Crippen molar-refractivity contribution in [1.82, 2.24) is 20.0 Å². The Balaban J connectivity index is 1.45. The van der Waals surface area contributed by atoms with Gasteiger partial charge >= 0.3 is 0 Å². The Labute approximate surface area is 178 Å². The van der Waals surface area contributed by atoms with Crippen LogP contribution in [0.2, 0.25) is 0 Å². The molecule has 1 unspecified atom stereocenters. The van der Waals surface area contributed by atoms with Crippen LogP contribution in [-0.2, 0) is 17.6 Å². The molecule has 0 bridgehead atoms. The van der Waals surface area contributed by atoms with Gasteiger partial charge in [-0.3, -0.25) is 9.59 Å². The van der Waals surface area contributed by atoms with Gasteiger partial charge in [-0.1, -0.05) is 31.5 Å². The van der Waals surface area contributed by atoms with Crippen LogP contribution in [0.4, 0.5) is 0 Å². The summed E-state index contributed by atoms with van der Waals surface area (Å²) in [6.07, 6.45) is 7.81. The van der Waals surface area contributed by atoms with Gasteiger partial charge in [0.1, 0.15) is 0 Å². The number of carbonyl (C=O) groups excluding carboxylic acids is 2. The van der Waals surface area contributed by atoms with Crippen LogP contribution in [0, 0.1) is 5.92 Å². The van der Waals surface area contributed by atoms with Crippen molar-refractivity contribution in [3.05, 3.63) is 47.3 Å². The van der Waals surface area contributed by atoms with Crippen LogP contribution in [0.15, 0.2) is 30.3 Å². The molecule has 2 aromatic rings. The molecular formula is C24H32N4O2. The molecule has 1 aromatic heterocycles. The largest absolute Gasteiger partial charge is 0.350 e. The molecule has 2 amide bonds. The summed E-state index contributed by atoms with van der Waals surface area (Å²) >= 11 is 0. The summed E-state index contributed by atoms with van der Waals surface area (Å²) in [7, 11) is 0. The average molecular weight is 409 g/mol. The van der Waals surface area contributed by atoms with E-state index in [4.69, 9.17) is 5.10 Å². The lowest BCUT2D eigenvalue weighted by molar-refractivity contribution is -0.132. The van der Waals surface area contributed by atoms with Gasteiger partial charge in [0, 0.05) is 37.3 Å². The van der Waals surface area contributed by atoms with Gasteiger partial charge in [-0.25, -0.2) is 4.68 Å². The third kappa shape index (κ3) is 4.58. The fourth-order valence-electron chi connectivity index (χ4n) is 4.68. The molecule has 1 aliphatic carbocycles. The van der Waals surface area contributed by atoms with Crippen molar-refractivity contribution in [3.8, 4) is 5.69 Å². The maximum absolute atomic E-state index is 13.0. The van der Waals surface area contributed by atoms with E-state index in [1.54, 1.807) is 0 Å². The van der Waals surface area contributed by atoms with Gasteiger partial charge in [-0.05, 0) is 56.6 Å². The minimum absolute atomic E-state index is 0.135. The van der Waals surface area contributed by atoms with Crippen LogP contribution in [0.25, 0.3) is 5.69 Å². The number of likely N-dealkylation sites (tertiary alicyclic amines) is 1. The molecule has 6 heteroatoms. The van der Waals surface area contributed by atoms with E-state index in [9.17, 15) is 9.59 Å². The maximum Gasteiger partial charge on any atom is 0.272 e. The minimum Gasteiger partial charge on any atom is -0.350 e. The van der Waals surface area contributed by atoms with Gasteiger partial charge in [-0.2, -0.15) is 5.10 Å². The number of nitrogens with one attached hydrogen (secondary N) is 1. The SMILES string of the molecule is CC1CCCN(C(=O)CCNC(=O)c2nn(-c3ccccc3)c3c2CCCCC3)C1. The first-order chi connectivity index (χ1) is 14.6. The fraction of sp³-hybridized carbons (Fsp3) is 0.542. The second-order valence-corrected chi connectivity index (χ2v) is 8.67. The van der Waals surface area contributed by atoms with Gasteiger partial charge < -0.3 is 10.2 Å². The molecule has 0 spiro atoms. The van der Waals surface area contributed by atoms with Crippen LogP contribution >= 0.6 is 0 Å². The molecule has 1 aliphatic heterocycles. The standard InChI is InChI=1S/C24H32N4O2/c1-18-9-8-16-27(17-18)22(29)14-15-25-24(30)23-20-12-6-3-7-13-21(20)28(26-23)19-10-4-2-5-11-19/h2,4-5,10-11,18H,3,6-9,12-17H2,1H3,(H,25,30). The van der Waals surface area contributed by atoms with Crippen LogP contribution < -0.4 is 5.32 Å². The average Bonchev–Trinajstić information content (AvgIpc) is 2.95. The second kappa shape index (κ2) is 9.45. The highest BCUT2D eigenvalue weighted by Crippen LogP contribution is 2.26. The molecule has 6 nitrogen and oxygen atoms in total. The highest BCUT2D eigenvalue weighted by Gasteiger charge is 2.25. The van der Waals surface area contributed by atoms with Crippen molar-refractivity contribution in [2.24, 2.45) is 5.92 Å². The first-order valence-electron chi connectivity index (χ1n) is 11.4. The van der Waals surface area contributed by atoms with E-state index in [-0.39, 0.29) is 11.8 Å². The van der Waals surface area contributed by atoms with E-state index in [0.717, 1.165) is 62.1 Å². The number of carbonyl (C=O) groups is 2. The number of hydrogen-bond donors (Lipinski definition) is 1. The van der Waals surface area contributed by atoms with Crippen molar-refractivity contribution < 1.29 is 9.59 Å². The molecule has 2 heterocycles. The zero-order chi connectivity index (χ0) is 20.9. The molecule has 1 atom stereocenters. The van der Waals surface area contributed by atoms with Gasteiger partial charge in [-0.15, -0.1) is 0 Å². The third-order valence-corrected chi connectivity index (χ3v) is 6.28. The molecule has 1 N–H and O–H groups in total. The van der Waals surface area contributed by atoms with Crippen LogP contribution in [0.3, 0.4) is 0 Å². The molecule has 2 aliphatic rings. The van der Waals surface area contributed by atoms with E-state index >= 15 is 0 Å². The van der Waals surface area contributed by atoms with Crippen molar-refractivity contribution >= 4 is 11.8 Å². The second-order valence-electron chi connectivity index (χ2n) is 8.67. The predicted molar refractivity (Wildman–Crippen MR) is 117 cm³/mol. The molecular weight excluding hydrogens is 376 g/mol. The highest BCUT2D eigenvalue weighted by atomic mass is 16.2. The number of nitrogens with zero attached hydrogens (tertiary/aromatic N) is 3. The van der Waals surface area contributed by atoms with E-state index in [1.165, 1.54) is 12.8 Å². The first-order valence-corrected chi connectivity index (χ1v) is 11.4. The minimum atomic E-state index is -0.164. The molecule has 4 rings (SSSR count). The number of rotatable bonds is 5. The Morgan fingerprint density at radius 2 is 1.90 bits per heavy atom. The Bertz CT molecular complexity index is 890. The Morgan fingerprint density at radius 3 is 2.70 bits per heavy atom. The van der Waals surface area contributed by atoms with Gasteiger partial charge in [0.05, 0.1) is 5.69 Å². The number of amides is 2. The van der Waals surface area contributed by atoms with Crippen molar-refractivity contribution in [2.45, 2.75) is 58.3 Å². The Morgan fingerprint density at radius 1 is 1.10 bits per heavy atom. The van der Waals surface area contributed by atoms with E-state index in [1.807, 2.05) is 39.9 Å². The third-order valence-electron chi connectivity index (χ3n) is 6.28. The van der Waals surface area contributed by atoms with Crippen molar-refractivity contribution in [2.75, 3.05) is 19.6 Å². The lowest BCUT2D eigenvalue weighted by Crippen LogP contribution is -2.40. The predicted octanol–water partition coefficient (Wildman–Crippen LogP) is 3.52. The molecule has 1 fully saturated rings. The molecule has 0 saturated carbocycles. The zero-order valence-electron chi connectivity index (χ0n) is 17.9. The van der Waals surface area contributed by atoms with Crippen LogP contribution in [0.5, 0.6) is 0 Å². The quantitative estimate of drug-likeness (QED) is 0.770. The summed E-state index contributed by atoms with van der Waals surface area (Å²) in [6, 6.07) is 10.0. The number of benzene rings is 1. The normalized spacial score (nSPS) is 19.1. The zero-order valence-corrected chi connectivity index (χ0v) is 17.9. The van der Waals surface area contributed by atoms with E-state index < -0.39 is 0 Å². The number of fused-ring (bicyclic) bond motifs is 1. The number of para-hydroxylation sites is 1. The molecule has 1 saturated heterocycles. The Hall–Kier alpha value is -2.63. The van der Waals surface area contributed by atoms with Crippen LogP contribution in [-0.4, -0.2) is 46.1 Å². The molecule has 30 heavy (non-hydrogen) atoms. The summed E-state index contributed by atoms with van der Waals surface area (Å²) < 4.78 is 1.94. The molecule has 1 aromatic carbocycles. The summed E-state index contributed by atoms with van der Waals surface area (Å²) in [5.74, 6) is 0.535. The van der Waals surface area contributed by atoms with Gasteiger partial charge in [0.2, 0.25) is 5.91 Å². The topological polar surface area (TPSA) is 67.2 Å². The lowest BCUT2D eigenvalue weighted by Gasteiger charge is -2.31. The smallest absolute Gasteiger partial charge is 0.272 e. The summed E-state index contributed by atoms with van der Waals surface area (Å²) in [4.78, 5) is 27.4.